The molecule has 2 aromatic rings. The first kappa shape index (κ1) is 20.6. The molecular formula is C26H35NO. The SMILES string of the molecule is CCc1ccc(C2CCCC(C(C(=O)NC(C)C)c3ccccc3)CC2)cc1. The molecule has 0 radical (unpaired) electrons. The molecule has 0 aromatic heterocycles. The highest BCUT2D eigenvalue weighted by atomic mass is 16.1. The largest absolute Gasteiger partial charge is 0.353 e. The first-order chi connectivity index (χ1) is 13.6. The molecule has 1 N–H and O–H groups in total. The van der Waals surface area contributed by atoms with Gasteiger partial charge in [-0.05, 0) is 74.5 Å². The van der Waals surface area contributed by atoms with Crippen molar-refractivity contribution >= 4 is 5.91 Å². The maximum atomic E-state index is 13.1. The average molecular weight is 378 g/mol. The fourth-order valence-electron chi connectivity index (χ4n) is 4.69. The minimum Gasteiger partial charge on any atom is -0.353 e. The Kier molecular flexibility index (Phi) is 7.30. The normalized spacial score (nSPS) is 21.1. The second-order valence-corrected chi connectivity index (χ2v) is 8.61. The molecule has 3 atom stereocenters. The number of amides is 1. The van der Waals surface area contributed by atoms with Gasteiger partial charge < -0.3 is 5.32 Å². The highest BCUT2D eigenvalue weighted by Crippen LogP contribution is 2.40. The van der Waals surface area contributed by atoms with Crippen LogP contribution in [0.4, 0.5) is 0 Å². The third kappa shape index (κ3) is 5.25. The number of hydrogen-bond donors (Lipinski definition) is 1. The molecule has 2 nitrogen and oxygen atoms in total. The molecule has 0 bridgehead atoms. The number of carbonyl (C=O) groups excluding carboxylic acids is 1. The predicted molar refractivity (Wildman–Crippen MR) is 118 cm³/mol. The first-order valence-electron chi connectivity index (χ1n) is 11.0. The molecule has 0 heterocycles. The van der Waals surface area contributed by atoms with Crippen molar-refractivity contribution in [3.8, 4) is 0 Å². The average Bonchev–Trinajstić information content (AvgIpc) is 2.95. The maximum absolute atomic E-state index is 13.1. The zero-order valence-corrected chi connectivity index (χ0v) is 17.7. The van der Waals surface area contributed by atoms with Crippen LogP contribution in [0.1, 0.15) is 81.4 Å². The summed E-state index contributed by atoms with van der Waals surface area (Å²) in [7, 11) is 0. The van der Waals surface area contributed by atoms with E-state index in [0.717, 1.165) is 24.8 Å². The van der Waals surface area contributed by atoms with E-state index in [9.17, 15) is 4.79 Å². The summed E-state index contributed by atoms with van der Waals surface area (Å²) in [6.45, 7) is 6.29. The van der Waals surface area contributed by atoms with E-state index in [4.69, 9.17) is 0 Å². The van der Waals surface area contributed by atoms with Crippen molar-refractivity contribution in [1.29, 1.82) is 0 Å². The smallest absolute Gasteiger partial charge is 0.228 e. The van der Waals surface area contributed by atoms with E-state index in [2.05, 4.69) is 60.8 Å². The molecule has 2 aromatic carbocycles. The van der Waals surface area contributed by atoms with Crippen LogP contribution in [0.5, 0.6) is 0 Å². The van der Waals surface area contributed by atoms with Gasteiger partial charge in [0.05, 0.1) is 5.92 Å². The number of hydrogen-bond acceptors (Lipinski definition) is 1. The Labute approximate surface area is 170 Å². The van der Waals surface area contributed by atoms with Crippen LogP contribution in [0.25, 0.3) is 0 Å². The Morgan fingerprint density at radius 3 is 2.32 bits per heavy atom. The zero-order valence-electron chi connectivity index (χ0n) is 17.7. The van der Waals surface area contributed by atoms with Crippen molar-refractivity contribution in [2.45, 2.75) is 77.2 Å². The lowest BCUT2D eigenvalue weighted by Crippen LogP contribution is -2.37. The quantitative estimate of drug-likeness (QED) is 0.595. The Bertz CT molecular complexity index is 735. The van der Waals surface area contributed by atoms with Crippen molar-refractivity contribution < 1.29 is 4.79 Å². The van der Waals surface area contributed by atoms with Gasteiger partial charge in [0.1, 0.15) is 0 Å². The molecule has 1 saturated carbocycles. The Hall–Kier alpha value is -2.09. The third-order valence-electron chi connectivity index (χ3n) is 6.22. The van der Waals surface area contributed by atoms with Crippen LogP contribution < -0.4 is 5.32 Å². The van der Waals surface area contributed by atoms with E-state index in [0.29, 0.717) is 11.8 Å². The minimum atomic E-state index is -0.0372. The van der Waals surface area contributed by atoms with Crippen LogP contribution >= 0.6 is 0 Å². The van der Waals surface area contributed by atoms with Crippen LogP contribution in [0.15, 0.2) is 54.6 Å². The van der Waals surface area contributed by atoms with E-state index in [-0.39, 0.29) is 17.9 Å². The molecule has 0 saturated heterocycles. The number of carbonyl (C=O) groups is 1. The molecule has 3 rings (SSSR count). The molecular weight excluding hydrogens is 342 g/mol. The van der Waals surface area contributed by atoms with E-state index in [1.165, 1.54) is 30.4 Å². The standard InChI is InChI=1S/C26H35NO/c1-4-20-13-15-22(16-14-20)21-11-8-12-24(18-17-21)25(26(28)27-19(2)3)23-9-6-5-7-10-23/h5-7,9-10,13-16,19,21,24-25H,4,8,11-12,17-18H2,1-3H3,(H,27,28). The van der Waals surface area contributed by atoms with Gasteiger partial charge in [0.2, 0.25) is 5.91 Å². The Morgan fingerprint density at radius 1 is 0.964 bits per heavy atom. The highest BCUT2D eigenvalue weighted by Gasteiger charge is 2.32. The van der Waals surface area contributed by atoms with E-state index >= 15 is 0 Å². The molecule has 150 valence electrons. The predicted octanol–water partition coefficient (Wildman–Crippen LogP) is 6.22. The first-order valence-corrected chi connectivity index (χ1v) is 11.0. The fraction of sp³-hybridized carbons (Fsp3) is 0.500. The molecule has 1 fully saturated rings. The highest BCUT2D eigenvalue weighted by molar-refractivity contribution is 5.84. The van der Waals surface area contributed by atoms with Gasteiger partial charge in [0, 0.05) is 6.04 Å². The molecule has 1 aliphatic carbocycles. The van der Waals surface area contributed by atoms with Gasteiger partial charge in [-0.15, -0.1) is 0 Å². The summed E-state index contributed by atoms with van der Waals surface area (Å²) in [5, 5.41) is 3.18. The molecule has 28 heavy (non-hydrogen) atoms. The molecule has 0 aliphatic heterocycles. The van der Waals surface area contributed by atoms with Crippen molar-refractivity contribution in [3.63, 3.8) is 0 Å². The van der Waals surface area contributed by atoms with Gasteiger partial charge in [-0.3, -0.25) is 4.79 Å². The van der Waals surface area contributed by atoms with Crippen LogP contribution in [0, 0.1) is 5.92 Å². The second-order valence-electron chi connectivity index (χ2n) is 8.61. The monoisotopic (exact) mass is 377 g/mol. The summed E-state index contributed by atoms with van der Waals surface area (Å²) in [6, 6.07) is 19.8. The topological polar surface area (TPSA) is 29.1 Å². The number of benzene rings is 2. The number of aryl methyl sites for hydroxylation is 1. The van der Waals surface area contributed by atoms with Gasteiger partial charge in [0.25, 0.3) is 0 Å². The van der Waals surface area contributed by atoms with Crippen LogP contribution in [0.2, 0.25) is 0 Å². The van der Waals surface area contributed by atoms with Crippen LogP contribution in [-0.2, 0) is 11.2 Å². The van der Waals surface area contributed by atoms with Crippen LogP contribution in [-0.4, -0.2) is 11.9 Å². The van der Waals surface area contributed by atoms with E-state index in [1.807, 2.05) is 19.9 Å². The van der Waals surface area contributed by atoms with Gasteiger partial charge >= 0.3 is 0 Å². The summed E-state index contributed by atoms with van der Waals surface area (Å²) in [5.41, 5.74) is 4.04. The summed E-state index contributed by atoms with van der Waals surface area (Å²) in [4.78, 5) is 13.1. The Morgan fingerprint density at radius 2 is 1.68 bits per heavy atom. The number of rotatable bonds is 6. The molecule has 2 heteroatoms. The minimum absolute atomic E-state index is 0.0372. The lowest BCUT2D eigenvalue weighted by atomic mass is 9.80. The lowest BCUT2D eigenvalue weighted by Gasteiger charge is -2.27. The second kappa shape index (κ2) is 9.91. The summed E-state index contributed by atoms with van der Waals surface area (Å²) < 4.78 is 0. The van der Waals surface area contributed by atoms with Gasteiger partial charge in [-0.2, -0.15) is 0 Å². The molecule has 1 amide bonds. The Balaban J connectivity index is 1.75. The van der Waals surface area contributed by atoms with Crippen molar-refractivity contribution in [3.05, 3.63) is 71.3 Å². The fourth-order valence-corrected chi connectivity index (χ4v) is 4.69. The van der Waals surface area contributed by atoms with Crippen LogP contribution in [0.3, 0.4) is 0 Å². The summed E-state index contributed by atoms with van der Waals surface area (Å²) in [5.74, 6) is 1.20. The van der Waals surface area contributed by atoms with Gasteiger partial charge in [-0.25, -0.2) is 0 Å². The van der Waals surface area contributed by atoms with Crippen molar-refractivity contribution in [2.24, 2.45) is 5.92 Å². The van der Waals surface area contributed by atoms with E-state index in [1.54, 1.807) is 0 Å². The van der Waals surface area contributed by atoms with E-state index < -0.39 is 0 Å². The lowest BCUT2D eigenvalue weighted by molar-refractivity contribution is -0.124. The molecule has 0 spiro atoms. The molecule has 3 unspecified atom stereocenters. The third-order valence-corrected chi connectivity index (χ3v) is 6.22. The summed E-state index contributed by atoms with van der Waals surface area (Å²) in [6.07, 6.45) is 6.95. The van der Waals surface area contributed by atoms with Gasteiger partial charge in [-0.1, -0.05) is 67.9 Å². The van der Waals surface area contributed by atoms with Crippen molar-refractivity contribution in [2.75, 3.05) is 0 Å². The number of nitrogens with one attached hydrogen (secondary N) is 1. The van der Waals surface area contributed by atoms with Gasteiger partial charge in [0.15, 0.2) is 0 Å². The zero-order chi connectivity index (χ0) is 19.9. The molecule has 1 aliphatic rings. The maximum Gasteiger partial charge on any atom is 0.228 e. The van der Waals surface area contributed by atoms with Crippen molar-refractivity contribution in [1.82, 2.24) is 5.32 Å². The summed E-state index contributed by atoms with van der Waals surface area (Å²) >= 11 is 0.